The Morgan fingerprint density at radius 2 is 1.90 bits per heavy atom. The Kier molecular flexibility index (Phi) is 4.52. The first-order chi connectivity index (χ1) is 10.0. The van der Waals surface area contributed by atoms with Gasteiger partial charge in [0.2, 0.25) is 0 Å². The summed E-state index contributed by atoms with van der Waals surface area (Å²) in [5.41, 5.74) is 5.91. The topological polar surface area (TPSA) is 55.1 Å². The lowest BCUT2D eigenvalue weighted by molar-refractivity contribution is 0.101. The molecule has 0 unspecified atom stereocenters. The van der Waals surface area contributed by atoms with Crippen LogP contribution in [-0.2, 0) is 6.42 Å². The number of amides is 1. The van der Waals surface area contributed by atoms with Gasteiger partial charge >= 0.3 is 0 Å². The summed E-state index contributed by atoms with van der Waals surface area (Å²) in [6.07, 6.45) is 1.66. The van der Waals surface area contributed by atoms with Gasteiger partial charge in [-0.15, -0.1) is 0 Å². The van der Waals surface area contributed by atoms with Crippen molar-refractivity contribution in [3.8, 4) is 0 Å². The summed E-state index contributed by atoms with van der Waals surface area (Å²) in [4.78, 5) is 12.1. The minimum absolute atomic E-state index is 0.261. The Morgan fingerprint density at radius 1 is 1.19 bits per heavy atom. The van der Waals surface area contributed by atoms with Gasteiger partial charge in [-0.1, -0.05) is 31.5 Å². The van der Waals surface area contributed by atoms with E-state index >= 15 is 0 Å². The van der Waals surface area contributed by atoms with Crippen molar-refractivity contribution in [2.24, 2.45) is 0 Å². The maximum absolute atomic E-state index is 13.8. The molecule has 5 heteroatoms. The SMILES string of the molecule is CCCc1ccccc1NC(=O)c1c(F)ccc(N)c1F. The van der Waals surface area contributed by atoms with Crippen molar-refractivity contribution in [3.63, 3.8) is 0 Å². The van der Waals surface area contributed by atoms with Crippen LogP contribution in [-0.4, -0.2) is 5.91 Å². The number of halogens is 2. The maximum Gasteiger partial charge on any atom is 0.261 e. The van der Waals surface area contributed by atoms with E-state index < -0.39 is 23.1 Å². The fourth-order valence-electron chi connectivity index (χ4n) is 2.09. The van der Waals surface area contributed by atoms with E-state index in [1.807, 2.05) is 19.1 Å². The van der Waals surface area contributed by atoms with Crippen LogP contribution in [0.2, 0.25) is 0 Å². The van der Waals surface area contributed by atoms with Gasteiger partial charge in [0.1, 0.15) is 11.4 Å². The summed E-state index contributed by atoms with van der Waals surface area (Å²) in [6, 6.07) is 9.23. The summed E-state index contributed by atoms with van der Waals surface area (Å²) < 4.78 is 27.5. The Bertz CT molecular complexity index is 671. The van der Waals surface area contributed by atoms with Gasteiger partial charge in [-0.3, -0.25) is 4.79 Å². The minimum atomic E-state index is -1.04. The molecule has 3 N–H and O–H groups in total. The molecule has 0 aliphatic carbocycles. The molecule has 0 aliphatic rings. The third-order valence-electron chi connectivity index (χ3n) is 3.13. The molecule has 21 heavy (non-hydrogen) atoms. The van der Waals surface area contributed by atoms with Crippen LogP contribution < -0.4 is 11.1 Å². The lowest BCUT2D eigenvalue weighted by Crippen LogP contribution is -2.17. The molecule has 0 radical (unpaired) electrons. The lowest BCUT2D eigenvalue weighted by Gasteiger charge is -2.12. The quantitative estimate of drug-likeness (QED) is 0.842. The van der Waals surface area contributed by atoms with Crippen molar-refractivity contribution in [1.82, 2.24) is 0 Å². The smallest absolute Gasteiger partial charge is 0.261 e. The van der Waals surface area contributed by atoms with Gasteiger partial charge < -0.3 is 11.1 Å². The first-order valence-electron chi connectivity index (χ1n) is 6.67. The average molecular weight is 290 g/mol. The normalized spacial score (nSPS) is 10.4. The van der Waals surface area contributed by atoms with Gasteiger partial charge in [0.05, 0.1) is 5.69 Å². The zero-order valence-electron chi connectivity index (χ0n) is 11.6. The first kappa shape index (κ1) is 15.0. The predicted octanol–water partition coefficient (Wildman–Crippen LogP) is 3.75. The highest BCUT2D eigenvalue weighted by Crippen LogP contribution is 2.22. The number of carbonyl (C=O) groups is 1. The van der Waals surface area contributed by atoms with Crippen LogP contribution in [0.3, 0.4) is 0 Å². The van der Waals surface area contributed by atoms with E-state index in [0.717, 1.165) is 30.5 Å². The van der Waals surface area contributed by atoms with Gasteiger partial charge in [-0.05, 0) is 30.2 Å². The Hall–Kier alpha value is -2.43. The molecule has 0 saturated carbocycles. The molecule has 0 fully saturated rings. The number of anilines is 2. The van der Waals surface area contributed by atoms with Crippen molar-refractivity contribution in [3.05, 3.63) is 59.2 Å². The van der Waals surface area contributed by atoms with E-state index in [0.29, 0.717) is 5.69 Å². The number of nitrogen functional groups attached to an aromatic ring is 1. The first-order valence-corrected chi connectivity index (χ1v) is 6.67. The molecule has 110 valence electrons. The van der Waals surface area contributed by atoms with E-state index in [1.165, 1.54) is 0 Å². The Labute approximate surface area is 121 Å². The fourth-order valence-corrected chi connectivity index (χ4v) is 2.09. The van der Waals surface area contributed by atoms with Gasteiger partial charge in [0.25, 0.3) is 5.91 Å². The molecule has 2 aromatic rings. The summed E-state index contributed by atoms with van der Waals surface area (Å²) in [5.74, 6) is -2.83. The molecule has 1 amide bonds. The molecule has 0 heterocycles. The summed E-state index contributed by atoms with van der Waals surface area (Å²) >= 11 is 0. The van der Waals surface area contributed by atoms with Crippen molar-refractivity contribution < 1.29 is 13.6 Å². The number of carbonyl (C=O) groups excluding carboxylic acids is 1. The molecule has 3 nitrogen and oxygen atoms in total. The minimum Gasteiger partial charge on any atom is -0.396 e. The van der Waals surface area contributed by atoms with Crippen molar-refractivity contribution in [2.45, 2.75) is 19.8 Å². The maximum atomic E-state index is 13.8. The van der Waals surface area contributed by atoms with Crippen LogP contribution >= 0.6 is 0 Å². The second-order valence-corrected chi connectivity index (χ2v) is 4.69. The number of nitrogens with one attached hydrogen (secondary N) is 1. The van der Waals surface area contributed by atoms with E-state index in [4.69, 9.17) is 5.73 Å². The largest absolute Gasteiger partial charge is 0.396 e. The summed E-state index contributed by atoms with van der Waals surface area (Å²) in [7, 11) is 0. The molecule has 0 saturated heterocycles. The van der Waals surface area contributed by atoms with E-state index in [9.17, 15) is 13.6 Å². The van der Waals surface area contributed by atoms with Crippen LogP contribution in [0, 0.1) is 11.6 Å². The lowest BCUT2D eigenvalue weighted by atomic mass is 10.1. The molecule has 2 aromatic carbocycles. The number of hydrogen-bond acceptors (Lipinski definition) is 2. The van der Waals surface area contributed by atoms with E-state index in [-0.39, 0.29) is 5.69 Å². The van der Waals surface area contributed by atoms with Crippen LogP contribution in [0.5, 0.6) is 0 Å². The molecular weight excluding hydrogens is 274 g/mol. The number of hydrogen-bond donors (Lipinski definition) is 2. The fraction of sp³-hybridized carbons (Fsp3) is 0.188. The molecule has 0 aliphatic heterocycles. The summed E-state index contributed by atoms with van der Waals surface area (Å²) in [5, 5.41) is 2.55. The van der Waals surface area contributed by atoms with E-state index in [2.05, 4.69) is 5.32 Å². The van der Waals surface area contributed by atoms with Gasteiger partial charge in [-0.25, -0.2) is 8.78 Å². The second kappa shape index (κ2) is 6.35. The number of aryl methyl sites for hydroxylation is 1. The summed E-state index contributed by atoms with van der Waals surface area (Å²) in [6.45, 7) is 2.01. The number of para-hydroxylation sites is 1. The highest BCUT2D eigenvalue weighted by molar-refractivity contribution is 6.05. The molecule has 2 rings (SSSR count). The average Bonchev–Trinajstić information content (AvgIpc) is 2.46. The number of rotatable bonds is 4. The highest BCUT2D eigenvalue weighted by atomic mass is 19.1. The Morgan fingerprint density at radius 3 is 2.62 bits per heavy atom. The van der Waals surface area contributed by atoms with E-state index in [1.54, 1.807) is 12.1 Å². The van der Waals surface area contributed by atoms with Gasteiger partial charge in [0, 0.05) is 5.69 Å². The third-order valence-corrected chi connectivity index (χ3v) is 3.13. The second-order valence-electron chi connectivity index (χ2n) is 4.69. The van der Waals surface area contributed by atoms with Crippen LogP contribution in [0.15, 0.2) is 36.4 Å². The monoisotopic (exact) mass is 290 g/mol. The predicted molar refractivity (Wildman–Crippen MR) is 79.2 cm³/mol. The van der Waals surface area contributed by atoms with Crippen LogP contribution in [0.25, 0.3) is 0 Å². The Balaban J connectivity index is 2.33. The molecule has 0 aromatic heterocycles. The zero-order chi connectivity index (χ0) is 15.4. The zero-order valence-corrected chi connectivity index (χ0v) is 11.6. The van der Waals surface area contributed by atoms with Crippen LogP contribution in [0.1, 0.15) is 29.3 Å². The van der Waals surface area contributed by atoms with Gasteiger partial charge in [-0.2, -0.15) is 0 Å². The molecule has 0 bridgehead atoms. The highest BCUT2D eigenvalue weighted by Gasteiger charge is 2.20. The molecular formula is C16H16F2N2O. The van der Waals surface area contributed by atoms with Gasteiger partial charge in [0.15, 0.2) is 5.82 Å². The number of benzene rings is 2. The van der Waals surface area contributed by atoms with Crippen molar-refractivity contribution >= 4 is 17.3 Å². The third kappa shape index (κ3) is 3.18. The van der Waals surface area contributed by atoms with Crippen LogP contribution in [0.4, 0.5) is 20.2 Å². The number of nitrogens with two attached hydrogens (primary N) is 1. The van der Waals surface area contributed by atoms with Crippen molar-refractivity contribution in [2.75, 3.05) is 11.1 Å². The van der Waals surface area contributed by atoms with Crippen molar-refractivity contribution in [1.29, 1.82) is 0 Å². The molecule has 0 atom stereocenters. The standard InChI is InChI=1S/C16H16F2N2O/c1-2-5-10-6-3-4-7-13(10)20-16(21)14-11(17)8-9-12(19)15(14)18/h3-4,6-9H,2,5,19H2,1H3,(H,20,21). The molecule has 0 spiro atoms.